The van der Waals surface area contributed by atoms with E-state index >= 15 is 0 Å². The van der Waals surface area contributed by atoms with E-state index < -0.39 is 0 Å². The van der Waals surface area contributed by atoms with Crippen LogP contribution in [0, 0.1) is 12.8 Å². The van der Waals surface area contributed by atoms with Crippen molar-refractivity contribution >= 4 is 11.6 Å². The lowest BCUT2D eigenvalue weighted by Gasteiger charge is -2.09. The number of nitrogens with zero attached hydrogens (tertiary/aromatic N) is 1. The average Bonchev–Trinajstić information content (AvgIpc) is 2.17. The topological polar surface area (TPSA) is 68.0 Å². The molecule has 0 aliphatic carbocycles. The fraction of sp³-hybridized carbons (Fsp3) is 0.455. The van der Waals surface area contributed by atoms with E-state index in [1.165, 1.54) is 0 Å². The maximum atomic E-state index is 11.5. The highest BCUT2D eigenvalue weighted by Gasteiger charge is 2.07. The quantitative estimate of drug-likeness (QED) is 0.782. The summed E-state index contributed by atoms with van der Waals surface area (Å²) in [7, 11) is 0. The fourth-order valence-corrected chi connectivity index (χ4v) is 1.24. The van der Waals surface area contributed by atoms with Gasteiger partial charge in [-0.2, -0.15) is 0 Å². The number of aryl methyl sites for hydroxylation is 1. The van der Waals surface area contributed by atoms with Crippen molar-refractivity contribution in [2.75, 3.05) is 11.9 Å². The molecule has 0 aliphatic rings. The van der Waals surface area contributed by atoms with Crippen molar-refractivity contribution in [2.24, 2.45) is 11.7 Å². The van der Waals surface area contributed by atoms with Crippen LogP contribution in [0.25, 0.3) is 0 Å². The van der Waals surface area contributed by atoms with E-state index in [9.17, 15) is 4.79 Å². The van der Waals surface area contributed by atoms with E-state index in [-0.39, 0.29) is 11.8 Å². The Morgan fingerprint density at radius 2 is 2.40 bits per heavy atom. The number of rotatable bonds is 4. The Balaban J connectivity index is 2.51. The largest absolute Gasteiger partial charge is 0.330 e. The zero-order chi connectivity index (χ0) is 11.3. The number of pyridine rings is 1. The second-order valence-corrected chi connectivity index (χ2v) is 3.78. The number of amides is 1. The highest BCUT2D eigenvalue weighted by atomic mass is 16.1. The van der Waals surface area contributed by atoms with Crippen molar-refractivity contribution in [1.29, 1.82) is 0 Å². The minimum absolute atomic E-state index is 0.00134. The van der Waals surface area contributed by atoms with Gasteiger partial charge in [-0.25, -0.2) is 0 Å². The molecule has 1 amide bonds. The summed E-state index contributed by atoms with van der Waals surface area (Å²) in [5.74, 6) is 0.214. The van der Waals surface area contributed by atoms with Crippen LogP contribution in [0.5, 0.6) is 0 Å². The molecule has 0 fully saturated rings. The minimum atomic E-state index is -0.00134. The third kappa shape index (κ3) is 4.08. The number of hydrogen-bond donors (Lipinski definition) is 2. The normalized spacial score (nSPS) is 12.2. The molecule has 0 saturated heterocycles. The van der Waals surface area contributed by atoms with Crippen molar-refractivity contribution in [2.45, 2.75) is 20.3 Å². The molecule has 1 rings (SSSR count). The Morgan fingerprint density at radius 1 is 1.67 bits per heavy atom. The Kier molecular flexibility index (Phi) is 4.24. The number of carbonyl (C=O) groups is 1. The predicted octanol–water partition coefficient (Wildman–Crippen LogP) is 1.31. The van der Waals surface area contributed by atoms with Crippen LogP contribution in [0.2, 0.25) is 0 Å². The lowest BCUT2D eigenvalue weighted by atomic mass is 10.1. The van der Waals surface area contributed by atoms with Gasteiger partial charge in [0.2, 0.25) is 5.91 Å². The summed E-state index contributed by atoms with van der Waals surface area (Å²) in [6, 6.07) is 3.61. The Morgan fingerprint density at radius 3 is 3.00 bits per heavy atom. The highest BCUT2D eigenvalue weighted by Crippen LogP contribution is 2.09. The van der Waals surface area contributed by atoms with Crippen LogP contribution in [0.4, 0.5) is 5.69 Å². The number of carbonyl (C=O) groups excluding carboxylic acids is 1. The molecular formula is C11H17N3O. The molecule has 0 saturated carbocycles. The van der Waals surface area contributed by atoms with Crippen molar-refractivity contribution in [1.82, 2.24) is 4.98 Å². The van der Waals surface area contributed by atoms with Crippen molar-refractivity contribution in [3.05, 3.63) is 24.0 Å². The van der Waals surface area contributed by atoms with E-state index in [4.69, 9.17) is 5.73 Å². The first-order valence-electron chi connectivity index (χ1n) is 5.04. The summed E-state index contributed by atoms with van der Waals surface area (Å²) in [6.07, 6.45) is 2.13. The predicted molar refractivity (Wildman–Crippen MR) is 60.4 cm³/mol. The molecular weight excluding hydrogens is 190 g/mol. The molecule has 1 atom stereocenters. The Labute approximate surface area is 89.9 Å². The van der Waals surface area contributed by atoms with Crippen LogP contribution in [0.1, 0.15) is 19.0 Å². The molecule has 0 aliphatic heterocycles. The number of anilines is 1. The molecule has 1 aromatic rings. The molecule has 1 heterocycles. The number of hydrogen-bond acceptors (Lipinski definition) is 3. The third-order valence-corrected chi connectivity index (χ3v) is 2.12. The lowest BCUT2D eigenvalue weighted by molar-refractivity contribution is -0.116. The van der Waals surface area contributed by atoms with E-state index in [1.807, 2.05) is 19.9 Å². The third-order valence-electron chi connectivity index (χ3n) is 2.12. The van der Waals surface area contributed by atoms with E-state index in [2.05, 4.69) is 10.3 Å². The Bertz CT molecular complexity index is 338. The molecule has 1 unspecified atom stereocenters. The van der Waals surface area contributed by atoms with Gasteiger partial charge in [0.1, 0.15) is 0 Å². The molecule has 0 radical (unpaired) electrons. The standard InChI is InChI=1S/C11H17N3O/c1-8(7-12)5-11(15)14-10-3-4-13-9(2)6-10/h3-4,6,8H,5,7,12H2,1-2H3,(H,13,14,15). The van der Waals surface area contributed by atoms with Crippen molar-refractivity contribution in [3.63, 3.8) is 0 Å². The first-order valence-corrected chi connectivity index (χ1v) is 5.04. The number of aromatic nitrogens is 1. The van der Waals surface area contributed by atoms with Gasteiger partial charge in [-0.3, -0.25) is 9.78 Å². The van der Waals surface area contributed by atoms with Crippen LogP contribution in [-0.2, 0) is 4.79 Å². The summed E-state index contributed by atoms with van der Waals surface area (Å²) >= 11 is 0. The van der Waals surface area contributed by atoms with Crippen LogP contribution in [-0.4, -0.2) is 17.4 Å². The van der Waals surface area contributed by atoms with E-state index in [0.717, 1.165) is 11.4 Å². The van der Waals surface area contributed by atoms with Gasteiger partial charge < -0.3 is 11.1 Å². The SMILES string of the molecule is Cc1cc(NC(=O)CC(C)CN)ccn1. The van der Waals surface area contributed by atoms with Gasteiger partial charge in [-0.05, 0) is 31.5 Å². The smallest absolute Gasteiger partial charge is 0.224 e. The highest BCUT2D eigenvalue weighted by molar-refractivity contribution is 5.90. The molecule has 82 valence electrons. The molecule has 3 N–H and O–H groups in total. The van der Waals surface area contributed by atoms with Gasteiger partial charge in [-0.15, -0.1) is 0 Å². The van der Waals surface area contributed by atoms with Crippen molar-refractivity contribution < 1.29 is 4.79 Å². The van der Waals surface area contributed by atoms with Crippen LogP contribution >= 0.6 is 0 Å². The van der Waals surface area contributed by atoms with Crippen LogP contribution in [0.3, 0.4) is 0 Å². The second kappa shape index (κ2) is 5.46. The molecule has 0 spiro atoms. The van der Waals surface area contributed by atoms with Crippen LogP contribution < -0.4 is 11.1 Å². The molecule has 15 heavy (non-hydrogen) atoms. The first kappa shape index (κ1) is 11.7. The molecule has 0 aromatic carbocycles. The van der Waals surface area contributed by atoms with Gasteiger partial charge in [0, 0.05) is 24.0 Å². The first-order chi connectivity index (χ1) is 7.11. The summed E-state index contributed by atoms with van der Waals surface area (Å²) in [5, 5.41) is 2.81. The van der Waals surface area contributed by atoms with Gasteiger partial charge in [-0.1, -0.05) is 6.92 Å². The molecule has 1 aromatic heterocycles. The maximum Gasteiger partial charge on any atom is 0.224 e. The number of nitrogens with one attached hydrogen (secondary N) is 1. The Hall–Kier alpha value is -1.42. The van der Waals surface area contributed by atoms with Gasteiger partial charge in [0.15, 0.2) is 0 Å². The fourth-order valence-electron chi connectivity index (χ4n) is 1.24. The number of nitrogens with two attached hydrogens (primary N) is 1. The van der Waals surface area contributed by atoms with E-state index in [0.29, 0.717) is 13.0 Å². The molecule has 0 bridgehead atoms. The zero-order valence-electron chi connectivity index (χ0n) is 9.16. The molecule has 4 heteroatoms. The summed E-state index contributed by atoms with van der Waals surface area (Å²) in [5.41, 5.74) is 7.13. The van der Waals surface area contributed by atoms with Gasteiger partial charge >= 0.3 is 0 Å². The van der Waals surface area contributed by atoms with Crippen molar-refractivity contribution in [3.8, 4) is 0 Å². The summed E-state index contributed by atoms with van der Waals surface area (Å²) < 4.78 is 0. The lowest BCUT2D eigenvalue weighted by Crippen LogP contribution is -2.20. The minimum Gasteiger partial charge on any atom is -0.330 e. The van der Waals surface area contributed by atoms with Gasteiger partial charge in [0.05, 0.1) is 0 Å². The summed E-state index contributed by atoms with van der Waals surface area (Å²) in [4.78, 5) is 15.6. The molecule has 4 nitrogen and oxygen atoms in total. The monoisotopic (exact) mass is 207 g/mol. The second-order valence-electron chi connectivity index (χ2n) is 3.78. The van der Waals surface area contributed by atoms with Gasteiger partial charge in [0.25, 0.3) is 0 Å². The van der Waals surface area contributed by atoms with Crippen LogP contribution in [0.15, 0.2) is 18.3 Å². The average molecular weight is 207 g/mol. The van der Waals surface area contributed by atoms with E-state index in [1.54, 1.807) is 12.3 Å². The summed E-state index contributed by atoms with van der Waals surface area (Å²) in [6.45, 7) is 4.37. The zero-order valence-corrected chi connectivity index (χ0v) is 9.16. The maximum absolute atomic E-state index is 11.5.